The molecular formula is C11H12ClN3O. The number of aryl methyl sites for hydroxylation is 1. The maximum atomic E-state index is 11.4. The smallest absolute Gasteiger partial charge is 0.292 e. The maximum absolute atomic E-state index is 11.4. The van der Waals surface area contributed by atoms with E-state index in [0.717, 1.165) is 5.56 Å². The summed E-state index contributed by atoms with van der Waals surface area (Å²) in [5, 5.41) is 4.84. The van der Waals surface area contributed by atoms with Gasteiger partial charge in [-0.3, -0.25) is 4.98 Å². The van der Waals surface area contributed by atoms with E-state index in [1.54, 1.807) is 0 Å². The summed E-state index contributed by atoms with van der Waals surface area (Å²) in [6.07, 6.45) is 0.544. The van der Waals surface area contributed by atoms with Crippen LogP contribution in [0.2, 0.25) is 5.02 Å². The number of nitrogens with one attached hydrogen (secondary N) is 1. The van der Waals surface area contributed by atoms with E-state index in [0.29, 0.717) is 23.8 Å². The number of nitrogens with zero attached hydrogens (tertiary/aromatic N) is 2. The number of benzene rings is 1. The summed E-state index contributed by atoms with van der Waals surface area (Å²) in [5.74, 6) is 0.639. The Kier molecular flexibility index (Phi) is 3.10. The van der Waals surface area contributed by atoms with E-state index in [-0.39, 0.29) is 5.69 Å². The van der Waals surface area contributed by atoms with Gasteiger partial charge in [0, 0.05) is 18.0 Å². The third-order valence-electron chi connectivity index (χ3n) is 2.34. The summed E-state index contributed by atoms with van der Waals surface area (Å²) in [5.41, 5.74) is 0.783. The molecule has 2 rings (SSSR count). The van der Waals surface area contributed by atoms with Gasteiger partial charge in [-0.05, 0) is 18.6 Å². The molecule has 0 aliphatic rings. The highest BCUT2D eigenvalue weighted by Gasteiger charge is 2.06. The average molecular weight is 238 g/mol. The summed E-state index contributed by atoms with van der Waals surface area (Å²) in [6.45, 7) is 2.44. The molecule has 1 aromatic carbocycles. The van der Waals surface area contributed by atoms with Crippen molar-refractivity contribution in [2.75, 3.05) is 0 Å². The number of hydrogen-bond acceptors (Lipinski definition) is 2. The van der Waals surface area contributed by atoms with Gasteiger partial charge in [0.05, 0.1) is 0 Å². The highest BCUT2D eigenvalue weighted by molar-refractivity contribution is 6.31. The molecule has 0 radical (unpaired) electrons. The molecule has 1 aromatic heterocycles. The van der Waals surface area contributed by atoms with Crippen LogP contribution >= 0.6 is 11.6 Å². The van der Waals surface area contributed by atoms with Crippen molar-refractivity contribution in [2.24, 2.45) is 0 Å². The van der Waals surface area contributed by atoms with E-state index in [1.165, 1.54) is 4.68 Å². The lowest BCUT2D eigenvalue weighted by Crippen LogP contribution is -2.16. The molecule has 0 amide bonds. The molecule has 84 valence electrons. The normalized spacial score (nSPS) is 10.6. The Hall–Kier alpha value is -1.55. The molecule has 4 nitrogen and oxygen atoms in total. The van der Waals surface area contributed by atoms with Gasteiger partial charge in [0.2, 0.25) is 0 Å². The molecule has 1 heterocycles. The van der Waals surface area contributed by atoms with Gasteiger partial charge in [0.1, 0.15) is 5.82 Å². The van der Waals surface area contributed by atoms with Crippen LogP contribution in [0.15, 0.2) is 29.1 Å². The lowest BCUT2D eigenvalue weighted by Gasteiger charge is -2.00. The first-order chi connectivity index (χ1) is 7.70. The van der Waals surface area contributed by atoms with Gasteiger partial charge in [-0.15, -0.1) is 0 Å². The number of aromatic amines is 1. The van der Waals surface area contributed by atoms with Crippen LogP contribution in [0.5, 0.6) is 0 Å². The molecule has 16 heavy (non-hydrogen) atoms. The third kappa shape index (κ3) is 2.17. The van der Waals surface area contributed by atoms with Crippen LogP contribution in [0.1, 0.15) is 18.3 Å². The predicted molar refractivity (Wildman–Crippen MR) is 62.8 cm³/mol. The van der Waals surface area contributed by atoms with Crippen molar-refractivity contribution in [3.05, 3.63) is 51.2 Å². The summed E-state index contributed by atoms with van der Waals surface area (Å²) in [4.78, 5) is 14.1. The highest BCUT2D eigenvalue weighted by atomic mass is 35.5. The molecular weight excluding hydrogens is 226 g/mol. The summed E-state index contributed by atoms with van der Waals surface area (Å²) >= 11 is 6.03. The fraction of sp³-hybridized carbons (Fsp3) is 0.273. The molecule has 5 heteroatoms. The van der Waals surface area contributed by atoms with Crippen LogP contribution in [0.25, 0.3) is 0 Å². The summed E-state index contributed by atoms with van der Waals surface area (Å²) in [6, 6.07) is 7.53. The molecule has 1 N–H and O–H groups in total. The van der Waals surface area contributed by atoms with Crippen molar-refractivity contribution in [1.82, 2.24) is 14.8 Å². The molecule has 0 aliphatic carbocycles. The zero-order valence-electron chi connectivity index (χ0n) is 8.90. The van der Waals surface area contributed by atoms with Crippen LogP contribution < -0.4 is 5.69 Å². The number of rotatable bonds is 3. The quantitative estimate of drug-likeness (QED) is 0.886. The van der Waals surface area contributed by atoms with E-state index in [9.17, 15) is 4.79 Å². The van der Waals surface area contributed by atoms with Crippen molar-refractivity contribution in [1.29, 1.82) is 0 Å². The van der Waals surface area contributed by atoms with E-state index in [1.807, 2.05) is 31.2 Å². The van der Waals surface area contributed by atoms with Gasteiger partial charge < -0.3 is 0 Å². The fourth-order valence-electron chi connectivity index (χ4n) is 1.52. The van der Waals surface area contributed by atoms with Crippen LogP contribution in [-0.4, -0.2) is 14.8 Å². The van der Waals surface area contributed by atoms with Crippen molar-refractivity contribution >= 4 is 11.6 Å². The topological polar surface area (TPSA) is 50.7 Å². The number of H-pyrrole nitrogens is 1. The SMILES string of the molecule is CCn1nc(Cc2ccccc2Cl)[nH]c1=O. The standard InChI is InChI=1S/C11H12ClN3O/c1-2-15-11(16)13-10(14-15)7-8-5-3-4-6-9(8)12/h3-6H,2,7H2,1H3,(H,13,14,16). The zero-order chi connectivity index (χ0) is 11.5. The Balaban J connectivity index is 2.27. The second kappa shape index (κ2) is 4.53. The lowest BCUT2D eigenvalue weighted by molar-refractivity contribution is 0.627. The molecule has 0 spiro atoms. The Morgan fingerprint density at radius 2 is 2.19 bits per heavy atom. The third-order valence-corrected chi connectivity index (χ3v) is 2.71. The minimum absolute atomic E-state index is 0.176. The van der Waals surface area contributed by atoms with Gasteiger partial charge >= 0.3 is 5.69 Å². The van der Waals surface area contributed by atoms with Gasteiger partial charge in [-0.25, -0.2) is 9.48 Å². The maximum Gasteiger partial charge on any atom is 0.343 e. The Morgan fingerprint density at radius 1 is 1.44 bits per heavy atom. The Bertz CT molecular complexity index is 544. The van der Waals surface area contributed by atoms with Gasteiger partial charge in [0.25, 0.3) is 0 Å². The van der Waals surface area contributed by atoms with Crippen LogP contribution in [0.4, 0.5) is 0 Å². The average Bonchev–Trinajstić information content (AvgIpc) is 2.62. The minimum atomic E-state index is -0.176. The zero-order valence-corrected chi connectivity index (χ0v) is 9.66. The van der Waals surface area contributed by atoms with E-state index < -0.39 is 0 Å². The monoisotopic (exact) mass is 237 g/mol. The Labute approximate surface area is 97.9 Å². The van der Waals surface area contributed by atoms with Crippen molar-refractivity contribution < 1.29 is 0 Å². The minimum Gasteiger partial charge on any atom is -0.292 e. The first-order valence-corrected chi connectivity index (χ1v) is 5.48. The highest BCUT2D eigenvalue weighted by Crippen LogP contribution is 2.16. The lowest BCUT2D eigenvalue weighted by atomic mass is 10.1. The van der Waals surface area contributed by atoms with Gasteiger partial charge in [-0.1, -0.05) is 29.8 Å². The summed E-state index contributed by atoms with van der Waals surface area (Å²) < 4.78 is 1.40. The fourth-order valence-corrected chi connectivity index (χ4v) is 1.72. The second-order valence-electron chi connectivity index (χ2n) is 3.46. The van der Waals surface area contributed by atoms with Crippen LogP contribution in [-0.2, 0) is 13.0 Å². The van der Waals surface area contributed by atoms with Crippen molar-refractivity contribution in [2.45, 2.75) is 19.9 Å². The molecule has 0 fully saturated rings. The molecule has 2 aromatic rings. The van der Waals surface area contributed by atoms with Crippen molar-refractivity contribution in [3.63, 3.8) is 0 Å². The summed E-state index contributed by atoms with van der Waals surface area (Å²) in [7, 11) is 0. The Morgan fingerprint density at radius 3 is 2.81 bits per heavy atom. The molecule has 0 unspecified atom stereocenters. The van der Waals surface area contributed by atoms with E-state index in [2.05, 4.69) is 10.1 Å². The van der Waals surface area contributed by atoms with Gasteiger partial charge in [0.15, 0.2) is 0 Å². The molecule has 0 aliphatic heterocycles. The molecule has 0 saturated heterocycles. The second-order valence-corrected chi connectivity index (χ2v) is 3.87. The number of halogens is 1. The van der Waals surface area contributed by atoms with Crippen LogP contribution in [0, 0.1) is 0 Å². The van der Waals surface area contributed by atoms with E-state index >= 15 is 0 Å². The number of hydrogen-bond donors (Lipinski definition) is 1. The number of aromatic nitrogens is 3. The van der Waals surface area contributed by atoms with E-state index in [4.69, 9.17) is 11.6 Å². The predicted octanol–water partition coefficient (Wildman–Crippen LogP) is 1.84. The first kappa shape index (κ1) is 11.0. The molecule has 0 atom stereocenters. The molecule has 0 saturated carbocycles. The largest absolute Gasteiger partial charge is 0.343 e. The van der Waals surface area contributed by atoms with Gasteiger partial charge in [-0.2, -0.15) is 5.10 Å². The first-order valence-electron chi connectivity index (χ1n) is 5.10. The van der Waals surface area contributed by atoms with Crippen LogP contribution in [0.3, 0.4) is 0 Å². The van der Waals surface area contributed by atoms with Crippen molar-refractivity contribution in [3.8, 4) is 0 Å². The molecule has 0 bridgehead atoms.